The van der Waals surface area contributed by atoms with Gasteiger partial charge in [-0.05, 0) is 51.0 Å². The first-order valence-corrected chi connectivity index (χ1v) is 7.17. The molecule has 1 rings (SSSR count). The predicted octanol–water partition coefficient (Wildman–Crippen LogP) is 3.10. The number of aliphatic hydroxyl groups excluding tert-OH is 1. The van der Waals surface area contributed by atoms with Crippen molar-refractivity contribution in [1.29, 1.82) is 0 Å². The van der Waals surface area contributed by atoms with Crippen molar-refractivity contribution in [2.75, 3.05) is 6.54 Å². The largest absolute Gasteiger partial charge is 0.393 e. The molecule has 1 fully saturated rings. The average Bonchev–Trinajstić information content (AvgIpc) is 2.32. The standard InChI is InChI=1S/C14H29NO/c1-3-5-6-13(4-2)15-11-12-7-9-14(16)10-8-12/h12-16H,3-11H2,1-2H3. The van der Waals surface area contributed by atoms with Gasteiger partial charge in [0, 0.05) is 6.04 Å². The Bertz CT molecular complexity index is 159. The molecule has 0 aromatic heterocycles. The fourth-order valence-electron chi connectivity index (χ4n) is 2.58. The first kappa shape index (κ1) is 14.0. The summed E-state index contributed by atoms with van der Waals surface area (Å²) < 4.78 is 0. The van der Waals surface area contributed by atoms with Crippen molar-refractivity contribution in [1.82, 2.24) is 5.32 Å². The highest BCUT2D eigenvalue weighted by Crippen LogP contribution is 2.23. The van der Waals surface area contributed by atoms with E-state index in [-0.39, 0.29) is 6.10 Å². The highest BCUT2D eigenvalue weighted by molar-refractivity contribution is 4.75. The van der Waals surface area contributed by atoms with Crippen LogP contribution in [0.1, 0.15) is 65.2 Å². The van der Waals surface area contributed by atoms with Gasteiger partial charge in [-0.3, -0.25) is 0 Å². The molecule has 2 heteroatoms. The summed E-state index contributed by atoms with van der Waals surface area (Å²) in [5.41, 5.74) is 0. The van der Waals surface area contributed by atoms with Gasteiger partial charge in [0.2, 0.25) is 0 Å². The molecule has 0 saturated heterocycles. The molecule has 1 aliphatic rings. The van der Waals surface area contributed by atoms with Crippen molar-refractivity contribution in [3.05, 3.63) is 0 Å². The lowest BCUT2D eigenvalue weighted by molar-refractivity contribution is 0.107. The summed E-state index contributed by atoms with van der Waals surface area (Å²) in [6.07, 6.45) is 9.63. The second-order valence-corrected chi connectivity index (χ2v) is 5.33. The normalized spacial score (nSPS) is 27.9. The minimum atomic E-state index is -0.0155. The quantitative estimate of drug-likeness (QED) is 0.700. The minimum absolute atomic E-state index is 0.0155. The molecule has 0 aromatic carbocycles. The second-order valence-electron chi connectivity index (χ2n) is 5.33. The molecule has 0 aromatic rings. The molecule has 2 N–H and O–H groups in total. The SMILES string of the molecule is CCCCC(CC)NCC1CCC(O)CC1. The summed E-state index contributed by atoms with van der Waals surface area (Å²) in [6.45, 7) is 5.70. The van der Waals surface area contributed by atoms with Crippen molar-refractivity contribution in [3.63, 3.8) is 0 Å². The number of hydrogen-bond acceptors (Lipinski definition) is 2. The Hall–Kier alpha value is -0.0800. The van der Waals surface area contributed by atoms with Crippen LogP contribution in [0.15, 0.2) is 0 Å². The van der Waals surface area contributed by atoms with Crippen molar-refractivity contribution in [2.45, 2.75) is 77.4 Å². The third kappa shape index (κ3) is 5.31. The van der Waals surface area contributed by atoms with Crippen molar-refractivity contribution >= 4 is 0 Å². The molecule has 16 heavy (non-hydrogen) atoms. The van der Waals surface area contributed by atoms with Gasteiger partial charge in [0.05, 0.1) is 6.10 Å². The maximum Gasteiger partial charge on any atom is 0.0540 e. The number of hydrogen-bond donors (Lipinski definition) is 2. The van der Waals surface area contributed by atoms with Crippen LogP contribution < -0.4 is 5.32 Å². The van der Waals surface area contributed by atoms with Gasteiger partial charge in [0.1, 0.15) is 0 Å². The fraction of sp³-hybridized carbons (Fsp3) is 1.00. The first-order valence-electron chi connectivity index (χ1n) is 7.17. The molecular weight excluding hydrogens is 198 g/mol. The number of nitrogens with one attached hydrogen (secondary N) is 1. The second kappa shape index (κ2) is 8.08. The maximum absolute atomic E-state index is 9.45. The lowest BCUT2D eigenvalue weighted by Gasteiger charge is -2.27. The van der Waals surface area contributed by atoms with Gasteiger partial charge in [0.15, 0.2) is 0 Å². The molecule has 1 unspecified atom stereocenters. The van der Waals surface area contributed by atoms with E-state index in [0.29, 0.717) is 6.04 Å². The van der Waals surface area contributed by atoms with E-state index < -0.39 is 0 Å². The molecule has 1 saturated carbocycles. The van der Waals surface area contributed by atoms with E-state index in [4.69, 9.17) is 0 Å². The zero-order chi connectivity index (χ0) is 11.8. The molecule has 0 radical (unpaired) electrons. The summed E-state index contributed by atoms with van der Waals surface area (Å²) in [5, 5.41) is 13.2. The highest BCUT2D eigenvalue weighted by Gasteiger charge is 2.19. The predicted molar refractivity (Wildman–Crippen MR) is 69.6 cm³/mol. The van der Waals surface area contributed by atoms with Crippen molar-refractivity contribution in [2.24, 2.45) is 5.92 Å². The minimum Gasteiger partial charge on any atom is -0.393 e. The van der Waals surface area contributed by atoms with Gasteiger partial charge >= 0.3 is 0 Å². The highest BCUT2D eigenvalue weighted by atomic mass is 16.3. The van der Waals surface area contributed by atoms with E-state index in [2.05, 4.69) is 19.2 Å². The van der Waals surface area contributed by atoms with Crippen LogP contribution in [-0.2, 0) is 0 Å². The van der Waals surface area contributed by atoms with E-state index in [1.807, 2.05) is 0 Å². The molecule has 0 bridgehead atoms. The van der Waals surface area contributed by atoms with E-state index in [1.165, 1.54) is 38.5 Å². The third-order valence-electron chi connectivity index (χ3n) is 3.91. The number of unbranched alkanes of at least 4 members (excludes halogenated alkanes) is 1. The van der Waals surface area contributed by atoms with Crippen LogP contribution in [0.2, 0.25) is 0 Å². The average molecular weight is 227 g/mol. The fourth-order valence-corrected chi connectivity index (χ4v) is 2.58. The lowest BCUT2D eigenvalue weighted by atomic mass is 9.87. The van der Waals surface area contributed by atoms with Gasteiger partial charge in [-0.1, -0.05) is 26.7 Å². The van der Waals surface area contributed by atoms with Crippen LogP contribution in [0.4, 0.5) is 0 Å². The first-order chi connectivity index (χ1) is 7.76. The van der Waals surface area contributed by atoms with Gasteiger partial charge < -0.3 is 10.4 Å². The smallest absolute Gasteiger partial charge is 0.0540 e. The lowest BCUT2D eigenvalue weighted by Crippen LogP contribution is -2.34. The van der Waals surface area contributed by atoms with Crippen LogP contribution in [0.3, 0.4) is 0 Å². The van der Waals surface area contributed by atoms with Crippen molar-refractivity contribution in [3.8, 4) is 0 Å². The zero-order valence-electron chi connectivity index (χ0n) is 11.0. The maximum atomic E-state index is 9.45. The molecular formula is C14H29NO. The topological polar surface area (TPSA) is 32.3 Å². The molecule has 0 spiro atoms. The Labute approximate surface area is 101 Å². The summed E-state index contributed by atoms with van der Waals surface area (Å²) in [6, 6.07) is 0.715. The molecule has 1 atom stereocenters. The monoisotopic (exact) mass is 227 g/mol. The Morgan fingerprint density at radius 1 is 1.19 bits per heavy atom. The van der Waals surface area contributed by atoms with Crippen molar-refractivity contribution < 1.29 is 5.11 Å². The third-order valence-corrected chi connectivity index (χ3v) is 3.91. The van der Waals surface area contributed by atoms with Crippen LogP contribution in [0, 0.1) is 5.92 Å². The summed E-state index contributed by atoms with van der Waals surface area (Å²) >= 11 is 0. The molecule has 0 heterocycles. The molecule has 1 aliphatic carbocycles. The van der Waals surface area contributed by atoms with Crippen LogP contribution in [0.5, 0.6) is 0 Å². The van der Waals surface area contributed by atoms with Gasteiger partial charge in [-0.15, -0.1) is 0 Å². The molecule has 2 nitrogen and oxygen atoms in total. The van der Waals surface area contributed by atoms with Crippen LogP contribution in [0.25, 0.3) is 0 Å². The Morgan fingerprint density at radius 3 is 2.44 bits per heavy atom. The summed E-state index contributed by atoms with van der Waals surface area (Å²) in [5.74, 6) is 0.805. The zero-order valence-corrected chi connectivity index (χ0v) is 11.0. The molecule has 96 valence electrons. The van der Waals surface area contributed by atoms with Gasteiger partial charge in [0.25, 0.3) is 0 Å². The number of rotatable bonds is 7. The van der Waals surface area contributed by atoms with Crippen LogP contribution in [-0.4, -0.2) is 23.8 Å². The van der Waals surface area contributed by atoms with E-state index >= 15 is 0 Å². The Kier molecular flexibility index (Phi) is 7.06. The van der Waals surface area contributed by atoms with Gasteiger partial charge in [-0.25, -0.2) is 0 Å². The van der Waals surface area contributed by atoms with E-state index in [0.717, 1.165) is 25.3 Å². The Morgan fingerprint density at radius 2 is 1.88 bits per heavy atom. The van der Waals surface area contributed by atoms with Crippen LogP contribution >= 0.6 is 0 Å². The van der Waals surface area contributed by atoms with E-state index in [1.54, 1.807) is 0 Å². The Balaban J connectivity index is 2.11. The van der Waals surface area contributed by atoms with Gasteiger partial charge in [-0.2, -0.15) is 0 Å². The summed E-state index contributed by atoms with van der Waals surface area (Å²) in [7, 11) is 0. The molecule has 0 amide bonds. The number of aliphatic hydroxyl groups is 1. The molecule has 0 aliphatic heterocycles. The van der Waals surface area contributed by atoms with E-state index in [9.17, 15) is 5.11 Å². The summed E-state index contributed by atoms with van der Waals surface area (Å²) in [4.78, 5) is 0.